The summed E-state index contributed by atoms with van der Waals surface area (Å²) in [6, 6.07) is 2.92. The Hall–Kier alpha value is -1.59. The number of halogens is 2. The zero-order chi connectivity index (χ0) is 12.6. The SMILES string of the molecule is Cc1cc(C(=O)O)n(-c2ncc(Cl)cc2Cl)n1. The molecular weight excluding hydrogens is 265 g/mol. The molecule has 0 radical (unpaired) electrons. The van der Waals surface area contributed by atoms with Crippen LogP contribution < -0.4 is 0 Å². The third kappa shape index (κ3) is 2.25. The van der Waals surface area contributed by atoms with Gasteiger partial charge in [0.15, 0.2) is 11.5 Å². The van der Waals surface area contributed by atoms with E-state index in [2.05, 4.69) is 10.1 Å². The van der Waals surface area contributed by atoms with Gasteiger partial charge in [0.05, 0.1) is 15.7 Å². The summed E-state index contributed by atoms with van der Waals surface area (Å²) in [5.74, 6) is -0.861. The smallest absolute Gasteiger partial charge is 0.354 e. The molecule has 0 saturated heterocycles. The maximum atomic E-state index is 11.0. The average molecular weight is 272 g/mol. The third-order valence-corrected chi connectivity index (χ3v) is 2.52. The molecule has 0 unspecified atom stereocenters. The van der Waals surface area contributed by atoms with Gasteiger partial charge in [0.25, 0.3) is 0 Å². The molecule has 0 atom stereocenters. The molecule has 0 aliphatic rings. The molecule has 0 amide bonds. The Balaban J connectivity index is 2.63. The first-order valence-corrected chi connectivity index (χ1v) is 5.36. The van der Waals surface area contributed by atoms with E-state index in [9.17, 15) is 4.79 Å². The molecule has 17 heavy (non-hydrogen) atoms. The quantitative estimate of drug-likeness (QED) is 0.912. The van der Waals surface area contributed by atoms with Crippen molar-refractivity contribution in [2.75, 3.05) is 0 Å². The highest BCUT2D eigenvalue weighted by atomic mass is 35.5. The minimum atomic E-state index is -1.10. The summed E-state index contributed by atoms with van der Waals surface area (Å²) < 4.78 is 1.18. The molecule has 0 aliphatic carbocycles. The van der Waals surface area contributed by atoms with Crippen molar-refractivity contribution in [1.29, 1.82) is 0 Å². The maximum absolute atomic E-state index is 11.0. The minimum absolute atomic E-state index is 0.000720. The van der Waals surface area contributed by atoms with Crippen LogP contribution in [0.1, 0.15) is 16.2 Å². The summed E-state index contributed by atoms with van der Waals surface area (Å²) in [6.45, 7) is 1.69. The Morgan fingerprint density at radius 2 is 2.12 bits per heavy atom. The van der Waals surface area contributed by atoms with E-state index in [1.54, 1.807) is 6.92 Å². The Kier molecular flexibility index (Phi) is 3.04. The number of aromatic carboxylic acids is 1. The highest BCUT2D eigenvalue weighted by molar-refractivity contribution is 6.35. The Bertz CT molecular complexity index is 595. The fourth-order valence-corrected chi connectivity index (χ4v) is 1.84. The van der Waals surface area contributed by atoms with E-state index in [4.69, 9.17) is 28.3 Å². The van der Waals surface area contributed by atoms with Gasteiger partial charge in [-0.15, -0.1) is 0 Å². The van der Waals surface area contributed by atoms with Gasteiger partial charge in [0.1, 0.15) is 0 Å². The maximum Gasteiger partial charge on any atom is 0.354 e. The van der Waals surface area contributed by atoms with Crippen LogP contribution in [0.4, 0.5) is 0 Å². The van der Waals surface area contributed by atoms with Gasteiger partial charge in [-0.1, -0.05) is 23.2 Å². The predicted octanol–water partition coefficient (Wildman–Crippen LogP) is 2.58. The molecule has 5 nitrogen and oxygen atoms in total. The highest BCUT2D eigenvalue weighted by Gasteiger charge is 2.17. The van der Waals surface area contributed by atoms with Gasteiger partial charge in [0, 0.05) is 6.20 Å². The normalized spacial score (nSPS) is 10.5. The van der Waals surface area contributed by atoms with Crippen molar-refractivity contribution in [3.05, 3.63) is 39.8 Å². The molecule has 7 heteroatoms. The fourth-order valence-electron chi connectivity index (χ4n) is 1.38. The molecule has 1 N–H and O–H groups in total. The van der Waals surface area contributed by atoms with E-state index >= 15 is 0 Å². The Morgan fingerprint density at radius 1 is 1.41 bits per heavy atom. The molecule has 0 spiro atoms. The lowest BCUT2D eigenvalue weighted by molar-refractivity contribution is 0.0687. The number of carboxylic acids is 1. The molecule has 88 valence electrons. The Morgan fingerprint density at radius 3 is 2.71 bits per heavy atom. The summed E-state index contributed by atoms with van der Waals surface area (Å²) in [5.41, 5.74) is 0.564. The summed E-state index contributed by atoms with van der Waals surface area (Å²) in [5, 5.41) is 13.7. The first kappa shape index (κ1) is 11.9. The first-order chi connectivity index (χ1) is 7.99. The largest absolute Gasteiger partial charge is 0.477 e. The van der Waals surface area contributed by atoms with E-state index in [0.717, 1.165) is 0 Å². The first-order valence-electron chi connectivity index (χ1n) is 4.60. The number of nitrogens with zero attached hydrogens (tertiary/aromatic N) is 3. The van der Waals surface area contributed by atoms with E-state index in [-0.39, 0.29) is 16.5 Å². The van der Waals surface area contributed by atoms with Crippen LogP contribution in [0.3, 0.4) is 0 Å². The lowest BCUT2D eigenvalue weighted by Gasteiger charge is -2.05. The monoisotopic (exact) mass is 271 g/mol. The van der Waals surface area contributed by atoms with Crippen molar-refractivity contribution in [1.82, 2.24) is 14.8 Å². The summed E-state index contributed by atoms with van der Waals surface area (Å²) >= 11 is 11.7. The van der Waals surface area contributed by atoms with Crippen molar-refractivity contribution in [2.45, 2.75) is 6.92 Å². The van der Waals surface area contributed by atoms with Gasteiger partial charge in [-0.05, 0) is 19.1 Å². The van der Waals surface area contributed by atoms with E-state index in [1.807, 2.05) is 0 Å². The lowest BCUT2D eigenvalue weighted by atomic mass is 10.3. The van der Waals surface area contributed by atoms with Crippen molar-refractivity contribution in [3.8, 4) is 5.82 Å². The third-order valence-electron chi connectivity index (χ3n) is 2.04. The van der Waals surface area contributed by atoms with Crippen molar-refractivity contribution >= 4 is 29.2 Å². The van der Waals surface area contributed by atoms with Crippen LogP contribution in [0.2, 0.25) is 10.0 Å². The minimum Gasteiger partial charge on any atom is -0.477 e. The lowest BCUT2D eigenvalue weighted by Crippen LogP contribution is -2.09. The second kappa shape index (κ2) is 4.35. The van der Waals surface area contributed by atoms with E-state index in [0.29, 0.717) is 10.7 Å². The van der Waals surface area contributed by atoms with Gasteiger partial charge in [-0.25, -0.2) is 14.5 Å². The molecule has 2 aromatic rings. The number of hydrogen-bond acceptors (Lipinski definition) is 3. The number of rotatable bonds is 2. The summed E-state index contributed by atoms with van der Waals surface area (Å²) in [7, 11) is 0. The molecular formula is C10H7Cl2N3O2. The number of aromatic nitrogens is 3. The van der Waals surface area contributed by atoms with Crippen molar-refractivity contribution in [2.24, 2.45) is 0 Å². The summed E-state index contributed by atoms with van der Waals surface area (Å²) in [4.78, 5) is 15.0. The fraction of sp³-hybridized carbons (Fsp3) is 0.100. The van der Waals surface area contributed by atoms with E-state index in [1.165, 1.54) is 23.0 Å². The second-order valence-electron chi connectivity index (χ2n) is 3.35. The average Bonchev–Trinajstić information content (AvgIpc) is 2.60. The molecule has 0 bridgehead atoms. The molecule has 0 aliphatic heterocycles. The molecule has 2 rings (SSSR count). The van der Waals surface area contributed by atoms with Crippen LogP contribution in [-0.4, -0.2) is 25.8 Å². The highest BCUT2D eigenvalue weighted by Crippen LogP contribution is 2.22. The van der Waals surface area contributed by atoms with Crippen LogP contribution in [0.25, 0.3) is 5.82 Å². The molecule has 0 aromatic carbocycles. The molecule has 0 fully saturated rings. The Labute approximate surface area is 107 Å². The number of carboxylic acid groups (broad SMARTS) is 1. The topological polar surface area (TPSA) is 68.0 Å². The molecule has 0 saturated carbocycles. The van der Waals surface area contributed by atoms with Gasteiger partial charge in [-0.2, -0.15) is 5.10 Å². The number of hydrogen-bond donors (Lipinski definition) is 1. The standard InChI is InChI=1S/C10H7Cl2N3O2/c1-5-2-8(10(16)17)15(14-5)9-7(12)3-6(11)4-13-9/h2-4H,1H3,(H,16,17). The summed E-state index contributed by atoms with van der Waals surface area (Å²) in [6.07, 6.45) is 1.38. The van der Waals surface area contributed by atoms with Gasteiger partial charge >= 0.3 is 5.97 Å². The zero-order valence-corrected chi connectivity index (χ0v) is 10.2. The molecule has 2 heterocycles. The predicted molar refractivity (Wildman–Crippen MR) is 63.1 cm³/mol. The van der Waals surface area contributed by atoms with Crippen LogP contribution in [0.15, 0.2) is 18.3 Å². The van der Waals surface area contributed by atoms with Crippen LogP contribution >= 0.6 is 23.2 Å². The van der Waals surface area contributed by atoms with Crippen LogP contribution in [0, 0.1) is 6.92 Å². The van der Waals surface area contributed by atoms with Crippen molar-refractivity contribution in [3.63, 3.8) is 0 Å². The van der Waals surface area contributed by atoms with Gasteiger partial charge < -0.3 is 5.11 Å². The van der Waals surface area contributed by atoms with Crippen LogP contribution in [-0.2, 0) is 0 Å². The van der Waals surface area contributed by atoms with Crippen LogP contribution in [0.5, 0.6) is 0 Å². The zero-order valence-electron chi connectivity index (χ0n) is 8.69. The second-order valence-corrected chi connectivity index (χ2v) is 4.19. The van der Waals surface area contributed by atoms with Crippen molar-refractivity contribution < 1.29 is 9.90 Å². The number of pyridine rings is 1. The van der Waals surface area contributed by atoms with Gasteiger partial charge in [-0.3, -0.25) is 0 Å². The number of carbonyl (C=O) groups is 1. The van der Waals surface area contributed by atoms with E-state index < -0.39 is 5.97 Å². The number of aryl methyl sites for hydroxylation is 1. The molecule has 2 aromatic heterocycles. The van der Waals surface area contributed by atoms with Gasteiger partial charge in [0.2, 0.25) is 0 Å².